The van der Waals surface area contributed by atoms with Crippen LogP contribution < -0.4 is 0 Å². The fourth-order valence-corrected chi connectivity index (χ4v) is 11.2. The number of hydrogen-bond donors (Lipinski definition) is 0. The van der Waals surface area contributed by atoms with Gasteiger partial charge in [-0.2, -0.15) is 0 Å². The molecule has 0 radical (unpaired) electrons. The first-order valence-corrected chi connectivity index (χ1v) is 36.3. The van der Waals surface area contributed by atoms with Crippen molar-refractivity contribution >= 4 is 17.9 Å². The third-order valence-corrected chi connectivity index (χ3v) is 16.7. The van der Waals surface area contributed by atoms with Gasteiger partial charge in [0.05, 0.1) is 0 Å². The van der Waals surface area contributed by atoms with Crippen molar-refractivity contribution in [3.05, 3.63) is 24.3 Å². The first-order valence-electron chi connectivity index (χ1n) is 36.3. The van der Waals surface area contributed by atoms with Crippen molar-refractivity contribution in [3.63, 3.8) is 0 Å². The smallest absolute Gasteiger partial charge is 0.306 e. The van der Waals surface area contributed by atoms with Gasteiger partial charge in [0, 0.05) is 19.3 Å². The lowest BCUT2D eigenvalue weighted by Crippen LogP contribution is -2.30. The van der Waals surface area contributed by atoms with Crippen LogP contribution in [0, 0.1) is 0 Å². The van der Waals surface area contributed by atoms with E-state index in [9.17, 15) is 14.4 Å². The molecule has 0 heterocycles. The van der Waals surface area contributed by atoms with Crippen molar-refractivity contribution in [1.29, 1.82) is 0 Å². The van der Waals surface area contributed by atoms with E-state index in [0.29, 0.717) is 19.3 Å². The molecule has 0 bridgehead atoms. The zero-order chi connectivity index (χ0) is 57.8. The quantitative estimate of drug-likeness (QED) is 0.0261. The van der Waals surface area contributed by atoms with Gasteiger partial charge < -0.3 is 14.2 Å². The molecule has 0 aromatic rings. The molecule has 472 valence electrons. The normalized spacial score (nSPS) is 12.1. The highest BCUT2D eigenvalue weighted by Gasteiger charge is 2.19. The van der Waals surface area contributed by atoms with Gasteiger partial charge in [0.15, 0.2) is 6.10 Å². The van der Waals surface area contributed by atoms with E-state index in [4.69, 9.17) is 14.2 Å². The Balaban J connectivity index is 4.10. The van der Waals surface area contributed by atoms with Crippen LogP contribution in [0.3, 0.4) is 0 Å². The van der Waals surface area contributed by atoms with Gasteiger partial charge >= 0.3 is 17.9 Å². The predicted octanol–water partition coefficient (Wildman–Crippen LogP) is 25.0. The van der Waals surface area contributed by atoms with E-state index >= 15 is 0 Å². The average molecular weight is 1130 g/mol. The van der Waals surface area contributed by atoms with Crippen molar-refractivity contribution in [2.45, 2.75) is 419 Å². The Kier molecular flexibility index (Phi) is 67.6. The molecule has 1 unspecified atom stereocenters. The molecule has 0 aromatic heterocycles. The van der Waals surface area contributed by atoms with Crippen molar-refractivity contribution in [2.75, 3.05) is 13.2 Å². The summed E-state index contributed by atoms with van der Waals surface area (Å²) in [4.78, 5) is 38.4. The zero-order valence-electron chi connectivity index (χ0n) is 54.4. The van der Waals surface area contributed by atoms with E-state index in [0.717, 1.165) is 77.0 Å². The minimum Gasteiger partial charge on any atom is -0.462 e. The molecule has 6 heteroatoms. The topological polar surface area (TPSA) is 78.9 Å². The summed E-state index contributed by atoms with van der Waals surface area (Å²) in [6.07, 6.45) is 85.2. The number of unbranched alkanes of at least 4 members (excludes halogenated alkanes) is 53. The summed E-state index contributed by atoms with van der Waals surface area (Å²) in [6.45, 7) is 6.67. The largest absolute Gasteiger partial charge is 0.462 e. The summed E-state index contributed by atoms with van der Waals surface area (Å²) in [7, 11) is 0. The summed E-state index contributed by atoms with van der Waals surface area (Å²) in [5.41, 5.74) is 0. The van der Waals surface area contributed by atoms with Crippen LogP contribution >= 0.6 is 0 Å². The highest BCUT2D eigenvalue weighted by molar-refractivity contribution is 5.71. The predicted molar refractivity (Wildman–Crippen MR) is 349 cm³/mol. The number of esters is 3. The first-order chi connectivity index (χ1) is 39.5. The van der Waals surface area contributed by atoms with Gasteiger partial charge in [0.1, 0.15) is 13.2 Å². The Hall–Kier alpha value is -2.11. The maximum atomic E-state index is 12.9. The molecule has 80 heavy (non-hydrogen) atoms. The molecule has 0 amide bonds. The SMILES string of the molecule is CCCC/C=C\C/C=C\CCCCCCCC(=O)OCC(COC(=O)CCCCCCCCCCCCCCCCCCCCCCCCCCCCCCCCCC)OC(=O)CCCCCCCCCCCCCCCCCC. The minimum absolute atomic E-state index is 0.0694. The van der Waals surface area contributed by atoms with Gasteiger partial charge in [-0.1, -0.05) is 373 Å². The lowest BCUT2D eigenvalue weighted by atomic mass is 10.0. The fraction of sp³-hybridized carbons (Fsp3) is 0.905. The molecule has 0 aliphatic carbocycles. The van der Waals surface area contributed by atoms with Crippen LogP contribution in [0.2, 0.25) is 0 Å². The lowest BCUT2D eigenvalue weighted by molar-refractivity contribution is -0.167. The third-order valence-electron chi connectivity index (χ3n) is 16.7. The molecule has 0 fully saturated rings. The first kappa shape index (κ1) is 77.9. The second kappa shape index (κ2) is 69.4. The Bertz CT molecular complexity index is 1290. The van der Waals surface area contributed by atoms with Crippen LogP contribution in [0.4, 0.5) is 0 Å². The van der Waals surface area contributed by atoms with Crippen LogP contribution in [0.25, 0.3) is 0 Å². The number of carbonyl (C=O) groups is 3. The second-order valence-electron chi connectivity index (χ2n) is 24.9. The van der Waals surface area contributed by atoms with E-state index in [-0.39, 0.29) is 31.1 Å². The summed E-state index contributed by atoms with van der Waals surface area (Å²) in [5, 5.41) is 0. The monoisotopic (exact) mass is 1130 g/mol. The molecule has 0 aromatic carbocycles. The van der Waals surface area contributed by atoms with Gasteiger partial charge in [-0.05, 0) is 44.9 Å². The third kappa shape index (κ3) is 66.7. The molecule has 0 aliphatic rings. The fourth-order valence-electron chi connectivity index (χ4n) is 11.2. The van der Waals surface area contributed by atoms with E-state index in [1.807, 2.05) is 0 Å². The van der Waals surface area contributed by atoms with Crippen molar-refractivity contribution in [1.82, 2.24) is 0 Å². The summed E-state index contributed by atoms with van der Waals surface area (Å²) < 4.78 is 17.0. The van der Waals surface area contributed by atoms with Crippen LogP contribution in [0.1, 0.15) is 412 Å². The molecule has 0 rings (SSSR count). The van der Waals surface area contributed by atoms with Gasteiger partial charge in [0.25, 0.3) is 0 Å². The van der Waals surface area contributed by atoms with Crippen LogP contribution in [-0.4, -0.2) is 37.2 Å². The van der Waals surface area contributed by atoms with Gasteiger partial charge in [-0.3, -0.25) is 14.4 Å². The number of rotatable bonds is 68. The molecule has 0 N–H and O–H groups in total. The number of ether oxygens (including phenoxy) is 3. The highest BCUT2D eigenvalue weighted by Crippen LogP contribution is 2.19. The summed E-state index contributed by atoms with van der Waals surface area (Å²) >= 11 is 0. The van der Waals surface area contributed by atoms with Gasteiger partial charge in [0.2, 0.25) is 0 Å². The highest BCUT2D eigenvalue weighted by atomic mass is 16.6. The Morgan fingerprint density at radius 2 is 0.463 bits per heavy atom. The maximum Gasteiger partial charge on any atom is 0.306 e. The number of hydrogen-bond acceptors (Lipinski definition) is 6. The van der Waals surface area contributed by atoms with E-state index in [2.05, 4.69) is 45.1 Å². The molecular formula is C74H140O6. The Labute approximate surface area is 500 Å². The van der Waals surface area contributed by atoms with Crippen molar-refractivity contribution in [2.24, 2.45) is 0 Å². The van der Waals surface area contributed by atoms with E-state index in [1.54, 1.807) is 0 Å². The van der Waals surface area contributed by atoms with Crippen LogP contribution in [0.15, 0.2) is 24.3 Å². The van der Waals surface area contributed by atoms with Crippen molar-refractivity contribution in [3.8, 4) is 0 Å². The van der Waals surface area contributed by atoms with E-state index < -0.39 is 6.10 Å². The van der Waals surface area contributed by atoms with Crippen LogP contribution in [-0.2, 0) is 28.6 Å². The molecule has 1 atom stereocenters. The van der Waals surface area contributed by atoms with Gasteiger partial charge in [-0.25, -0.2) is 0 Å². The molecule has 0 spiro atoms. The minimum atomic E-state index is -0.774. The van der Waals surface area contributed by atoms with Crippen LogP contribution in [0.5, 0.6) is 0 Å². The Morgan fingerprint density at radius 1 is 0.250 bits per heavy atom. The maximum absolute atomic E-state index is 12.9. The average Bonchev–Trinajstić information content (AvgIpc) is 3.46. The van der Waals surface area contributed by atoms with Crippen molar-refractivity contribution < 1.29 is 28.6 Å². The molecule has 0 saturated carbocycles. The second-order valence-corrected chi connectivity index (χ2v) is 24.9. The molecule has 0 aliphatic heterocycles. The van der Waals surface area contributed by atoms with Gasteiger partial charge in [-0.15, -0.1) is 0 Å². The number of allylic oxidation sites excluding steroid dienone is 4. The lowest BCUT2D eigenvalue weighted by Gasteiger charge is -2.18. The summed E-state index contributed by atoms with van der Waals surface area (Å²) in [5.74, 6) is -0.853. The Morgan fingerprint density at radius 3 is 0.725 bits per heavy atom. The van der Waals surface area contributed by atoms with E-state index in [1.165, 1.54) is 295 Å². The zero-order valence-corrected chi connectivity index (χ0v) is 54.4. The molecule has 6 nitrogen and oxygen atoms in total. The summed E-state index contributed by atoms with van der Waals surface area (Å²) in [6, 6.07) is 0. The standard InChI is InChI=1S/C74H140O6/c1-4-7-10-13-16-19-22-25-28-30-31-32-33-34-35-36-37-38-39-40-41-42-43-44-45-47-49-52-55-58-61-64-67-73(76)79-70-71(69-78-72(75)66-63-60-57-54-51-48-27-24-21-18-15-12-9-6-3)80-74(77)68-65-62-59-56-53-50-46-29-26-23-20-17-14-11-8-5-2/h15,18,24,27,71H,4-14,16-17,19-23,25-26,28-70H2,1-3H3/b18-15-,27-24-. The molecular weight excluding hydrogens is 985 g/mol. The molecule has 0 saturated heterocycles. The number of carbonyl (C=O) groups excluding carboxylic acids is 3.